The Morgan fingerprint density at radius 3 is 2.00 bits per heavy atom. The molecule has 0 bridgehead atoms. The van der Waals surface area contributed by atoms with E-state index in [4.69, 9.17) is 0 Å². The first-order chi connectivity index (χ1) is 11.1. The van der Waals surface area contributed by atoms with E-state index in [0.717, 1.165) is 43.6 Å². The van der Waals surface area contributed by atoms with Gasteiger partial charge >= 0.3 is 0 Å². The fraction of sp³-hybridized carbons (Fsp3) is 0.368. The standard InChI is InChI=1S/C19H21F2NO/c20-17-5-1-14(2-6-17)13-22-11-9-16(10-12-22)19(23)15-3-7-18(21)8-4-15/h1-8,16,19,23H,9-13H2. The zero-order valence-electron chi connectivity index (χ0n) is 13.0. The second-order valence-corrected chi connectivity index (χ2v) is 6.24. The van der Waals surface area contributed by atoms with Crippen molar-refractivity contribution >= 4 is 0 Å². The van der Waals surface area contributed by atoms with Gasteiger partial charge in [0.15, 0.2) is 0 Å². The Morgan fingerprint density at radius 2 is 1.43 bits per heavy atom. The summed E-state index contributed by atoms with van der Waals surface area (Å²) in [6.45, 7) is 2.61. The SMILES string of the molecule is OC(c1ccc(F)cc1)C1CCN(Cc2ccc(F)cc2)CC1. The third-order valence-electron chi connectivity index (χ3n) is 4.61. The zero-order valence-corrected chi connectivity index (χ0v) is 13.0. The molecule has 3 rings (SSSR count). The van der Waals surface area contributed by atoms with Crippen molar-refractivity contribution in [2.24, 2.45) is 5.92 Å². The summed E-state index contributed by atoms with van der Waals surface area (Å²) in [5.41, 5.74) is 1.88. The molecular formula is C19H21F2NO. The highest BCUT2D eigenvalue weighted by Gasteiger charge is 2.26. The van der Waals surface area contributed by atoms with Gasteiger partial charge in [-0.05, 0) is 67.2 Å². The van der Waals surface area contributed by atoms with Gasteiger partial charge in [0.2, 0.25) is 0 Å². The second kappa shape index (κ2) is 7.20. The summed E-state index contributed by atoms with van der Waals surface area (Å²) >= 11 is 0. The lowest BCUT2D eigenvalue weighted by Gasteiger charge is -2.34. The molecule has 1 aliphatic heterocycles. The number of aliphatic hydroxyl groups is 1. The molecule has 1 saturated heterocycles. The Hall–Kier alpha value is -1.78. The van der Waals surface area contributed by atoms with E-state index in [-0.39, 0.29) is 17.6 Å². The number of halogens is 2. The molecule has 2 nitrogen and oxygen atoms in total. The lowest BCUT2D eigenvalue weighted by atomic mass is 9.87. The lowest BCUT2D eigenvalue weighted by molar-refractivity contribution is 0.0567. The van der Waals surface area contributed by atoms with Crippen molar-refractivity contribution in [3.8, 4) is 0 Å². The second-order valence-electron chi connectivity index (χ2n) is 6.24. The average Bonchev–Trinajstić information content (AvgIpc) is 2.58. The topological polar surface area (TPSA) is 23.5 Å². The normalized spacial score (nSPS) is 18.0. The van der Waals surface area contributed by atoms with Gasteiger partial charge in [-0.15, -0.1) is 0 Å². The molecule has 1 N–H and O–H groups in total. The van der Waals surface area contributed by atoms with Crippen molar-refractivity contribution < 1.29 is 13.9 Å². The van der Waals surface area contributed by atoms with Gasteiger partial charge in [0.05, 0.1) is 6.10 Å². The number of piperidine rings is 1. The van der Waals surface area contributed by atoms with Gasteiger partial charge in [0, 0.05) is 6.54 Å². The highest BCUT2D eigenvalue weighted by atomic mass is 19.1. The minimum Gasteiger partial charge on any atom is -0.388 e. The molecule has 0 aromatic heterocycles. The minimum absolute atomic E-state index is 0.199. The van der Waals surface area contributed by atoms with Crippen LogP contribution < -0.4 is 0 Å². The number of nitrogens with zero attached hydrogens (tertiary/aromatic N) is 1. The molecule has 122 valence electrons. The van der Waals surface area contributed by atoms with Crippen LogP contribution in [0.1, 0.15) is 30.1 Å². The summed E-state index contributed by atoms with van der Waals surface area (Å²) in [4.78, 5) is 2.32. The molecule has 4 heteroatoms. The number of hydrogen-bond donors (Lipinski definition) is 1. The summed E-state index contributed by atoms with van der Waals surface area (Å²) in [6, 6.07) is 12.7. The number of benzene rings is 2. The highest BCUT2D eigenvalue weighted by molar-refractivity contribution is 5.19. The van der Waals surface area contributed by atoms with E-state index in [1.54, 1.807) is 12.1 Å². The summed E-state index contributed by atoms with van der Waals surface area (Å²) in [5, 5.41) is 10.5. The van der Waals surface area contributed by atoms with E-state index in [1.807, 2.05) is 12.1 Å². The Morgan fingerprint density at radius 1 is 0.913 bits per heavy atom. The minimum atomic E-state index is -0.538. The maximum absolute atomic E-state index is 13.0. The number of aliphatic hydroxyl groups excluding tert-OH is 1. The van der Waals surface area contributed by atoms with Crippen LogP contribution in [-0.2, 0) is 6.54 Å². The Bertz CT molecular complexity index is 619. The van der Waals surface area contributed by atoms with Crippen LogP contribution in [0, 0.1) is 17.6 Å². The molecule has 1 heterocycles. The van der Waals surface area contributed by atoms with Crippen LogP contribution in [0.3, 0.4) is 0 Å². The Labute approximate surface area is 135 Å². The third-order valence-corrected chi connectivity index (χ3v) is 4.61. The lowest BCUT2D eigenvalue weighted by Crippen LogP contribution is -2.35. The Balaban J connectivity index is 1.53. The first-order valence-corrected chi connectivity index (χ1v) is 8.02. The molecule has 2 aromatic carbocycles. The van der Waals surface area contributed by atoms with E-state index in [0.29, 0.717) is 0 Å². The molecule has 0 amide bonds. The van der Waals surface area contributed by atoms with Gasteiger partial charge in [-0.3, -0.25) is 4.90 Å². The molecule has 1 unspecified atom stereocenters. The molecule has 0 aliphatic carbocycles. The highest BCUT2D eigenvalue weighted by Crippen LogP contribution is 2.31. The summed E-state index contributed by atoms with van der Waals surface area (Å²) in [5.74, 6) is -0.296. The van der Waals surface area contributed by atoms with Crippen molar-refractivity contribution in [1.29, 1.82) is 0 Å². The zero-order chi connectivity index (χ0) is 16.2. The summed E-state index contributed by atoms with van der Waals surface area (Å²) in [6.07, 6.45) is 1.27. The predicted octanol–water partition coefficient (Wildman–Crippen LogP) is 3.91. The first-order valence-electron chi connectivity index (χ1n) is 8.02. The molecule has 1 fully saturated rings. The molecular weight excluding hydrogens is 296 g/mol. The molecule has 0 spiro atoms. The fourth-order valence-corrected chi connectivity index (χ4v) is 3.21. The van der Waals surface area contributed by atoms with E-state index in [9.17, 15) is 13.9 Å². The Kier molecular flexibility index (Phi) is 5.03. The van der Waals surface area contributed by atoms with Crippen LogP contribution in [0.5, 0.6) is 0 Å². The molecule has 1 atom stereocenters. The van der Waals surface area contributed by atoms with E-state index < -0.39 is 6.10 Å². The number of rotatable bonds is 4. The van der Waals surface area contributed by atoms with Gasteiger partial charge in [0.25, 0.3) is 0 Å². The predicted molar refractivity (Wildman–Crippen MR) is 85.8 cm³/mol. The van der Waals surface area contributed by atoms with Crippen LogP contribution in [0.25, 0.3) is 0 Å². The maximum Gasteiger partial charge on any atom is 0.123 e. The van der Waals surface area contributed by atoms with Crippen LogP contribution in [-0.4, -0.2) is 23.1 Å². The monoisotopic (exact) mass is 317 g/mol. The first kappa shape index (κ1) is 16.1. The largest absolute Gasteiger partial charge is 0.388 e. The summed E-state index contributed by atoms with van der Waals surface area (Å²) < 4.78 is 25.9. The summed E-state index contributed by atoms with van der Waals surface area (Å²) in [7, 11) is 0. The van der Waals surface area contributed by atoms with E-state index >= 15 is 0 Å². The maximum atomic E-state index is 13.0. The van der Waals surface area contributed by atoms with Crippen molar-refractivity contribution in [3.05, 3.63) is 71.3 Å². The van der Waals surface area contributed by atoms with Crippen molar-refractivity contribution in [1.82, 2.24) is 4.90 Å². The van der Waals surface area contributed by atoms with Gasteiger partial charge in [-0.25, -0.2) is 8.78 Å². The third kappa shape index (κ3) is 4.15. The van der Waals surface area contributed by atoms with Crippen molar-refractivity contribution in [2.75, 3.05) is 13.1 Å². The van der Waals surface area contributed by atoms with Crippen molar-refractivity contribution in [3.63, 3.8) is 0 Å². The number of hydrogen-bond acceptors (Lipinski definition) is 2. The smallest absolute Gasteiger partial charge is 0.123 e. The van der Waals surface area contributed by atoms with Crippen LogP contribution in [0.15, 0.2) is 48.5 Å². The van der Waals surface area contributed by atoms with Crippen molar-refractivity contribution in [2.45, 2.75) is 25.5 Å². The van der Waals surface area contributed by atoms with E-state index in [2.05, 4.69) is 4.90 Å². The van der Waals surface area contributed by atoms with Gasteiger partial charge in [-0.2, -0.15) is 0 Å². The number of likely N-dealkylation sites (tertiary alicyclic amines) is 1. The van der Waals surface area contributed by atoms with E-state index in [1.165, 1.54) is 24.3 Å². The molecule has 0 saturated carbocycles. The van der Waals surface area contributed by atoms with Gasteiger partial charge < -0.3 is 5.11 Å². The fourth-order valence-electron chi connectivity index (χ4n) is 3.21. The quantitative estimate of drug-likeness (QED) is 0.924. The van der Waals surface area contributed by atoms with Gasteiger partial charge in [0.1, 0.15) is 11.6 Å². The average molecular weight is 317 g/mol. The molecule has 0 radical (unpaired) electrons. The van der Waals surface area contributed by atoms with Crippen LogP contribution in [0.2, 0.25) is 0 Å². The molecule has 23 heavy (non-hydrogen) atoms. The van der Waals surface area contributed by atoms with Gasteiger partial charge in [-0.1, -0.05) is 24.3 Å². The van der Waals surface area contributed by atoms with Crippen LogP contribution in [0.4, 0.5) is 8.78 Å². The molecule has 2 aromatic rings. The van der Waals surface area contributed by atoms with Crippen LogP contribution >= 0.6 is 0 Å². The molecule has 1 aliphatic rings.